The quantitative estimate of drug-likeness (QED) is 0.783. The van der Waals surface area contributed by atoms with Gasteiger partial charge in [0, 0.05) is 23.5 Å². The summed E-state index contributed by atoms with van der Waals surface area (Å²) in [5.74, 6) is 0. The highest BCUT2D eigenvalue weighted by Crippen LogP contribution is 2.23. The highest BCUT2D eigenvalue weighted by molar-refractivity contribution is 7.11. The Kier molecular flexibility index (Phi) is 3.32. The Labute approximate surface area is 116 Å². The molecule has 0 aliphatic rings. The van der Waals surface area contributed by atoms with Crippen molar-refractivity contribution in [3.63, 3.8) is 0 Å². The molecule has 2 N–H and O–H groups in total. The van der Waals surface area contributed by atoms with Crippen LogP contribution in [0.3, 0.4) is 0 Å². The van der Waals surface area contributed by atoms with E-state index in [2.05, 4.69) is 54.4 Å². The zero-order valence-corrected chi connectivity index (χ0v) is 11.7. The fourth-order valence-electron chi connectivity index (χ4n) is 2.24. The number of aromatic nitrogens is 1. The molecule has 0 saturated carbocycles. The predicted molar refractivity (Wildman–Crippen MR) is 81.4 cm³/mol. The van der Waals surface area contributed by atoms with Gasteiger partial charge in [-0.3, -0.25) is 0 Å². The molecule has 3 heteroatoms. The number of fused-ring (bicyclic) bond motifs is 1. The van der Waals surface area contributed by atoms with Crippen molar-refractivity contribution in [3.8, 4) is 0 Å². The molecule has 0 spiro atoms. The average Bonchev–Trinajstić information content (AvgIpc) is 2.83. The fraction of sp³-hybridized carbons (Fsp3) is 0.188. The van der Waals surface area contributed by atoms with Crippen LogP contribution in [-0.2, 0) is 6.42 Å². The van der Waals surface area contributed by atoms with Crippen molar-refractivity contribution in [2.75, 3.05) is 0 Å². The highest BCUT2D eigenvalue weighted by Gasteiger charge is 2.10. The van der Waals surface area contributed by atoms with Gasteiger partial charge in [-0.05, 0) is 29.3 Å². The molecule has 1 heterocycles. The topological polar surface area (TPSA) is 38.9 Å². The first-order chi connectivity index (χ1) is 9.22. The maximum absolute atomic E-state index is 6.29. The van der Waals surface area contributed by atoms with Crippen molar-refractivity contribution in [1.82, 2.24) is 4.98 Å². The van der Waals surface area contributed by atoms with Gasteiger partial charge in [0.05, 0.1) is 5.01 Å². The second kappa shape index (κ2) is 5.11. The van der Waals surface area contributed by atoms with Gasteiger partial charge in [-0.2, -0.15) is 0 Å². The summed E-state index contributed by atoms with van der Waals surface area (Å²) < 4.78 is 0. The summed E-state index contributed by atoms with van der Waals surface area (Å²) >= 11 is 1.72. The SMILES string of the molecule is Cc1cnc(CC(N)c2ccc3ccccc3c2)s1. The summed E-state index contributed by atoms with van der Waals surface area (Å²) in [6.45, 7) is 2.07. The van der Waals surface area contributed by atoms with Crippen LogP contribution in [0.1, 0.15) is 21.5 Å². The Hall–Kier alpha value is -1.71. The van der Waals surface area contributed by atoms with Gasteiger partial charge in [0.2, 0.25) is 0 Å². The molecule has 0 saturated heterocycles. The van der Waals surface area contributed by atoms with Crippen LogP contribution in [0.15, 0.2) is 48.7 Å². The van der Waals surface area contributed by atoms with Crippen LogP contribution in [0.4, 0.5) is 0 Å². The molecule has 0 aliphatic heterocycles. The van der Waals surface area contributed by atoms with Crippen LogP contribution in [-0.4, -0.2) is 4.98 Å². The molecule has 2 nitrogen and oxygen atoms in total. The van der Waals surface area contributed by atoms with Gasteiger partial charge < -0.3 is 5.73 Å². The number of hydrogen-bond donors (Lipinski definition) is 1. The van der Waals surface area contributed by atoms with E-state index in [1.54, 1.807) is 11.3 Å². The Balaban J connectivity index is 1.86. The Morgan fingerprint density at radius 1 is 1.16 bits per heavy atom. The van der Waals surface area contributed by atoms with E-state index in [1.165, 1.54) is 21.2 Å². The van der Waals surface area contributed by atoms with E-state index in [-0.39, 0.29) is 6.04 Å². The van der Waals surface area contributed by atoms with Crippen molar-refractivity contribution < 1.29 is 0 Å². The number of rotatable bonds is 3. The predicted octanol–water partition coefficient (Wildman–Crippen LogP) is 3.85. The van der Waals surface area contributed by atoms with Gasteiger partial charge in [0.1, 0.15) is 0 Å². The third kappa shape index (κ3) is 2.67. The third-order valence-corrected chi connectivity index (χ3v) is 4.20. The molecular weight excluding hydrogens is 252 g/mol. The van der Waals surface area contributed by atoms with Crippen molar-refractivity contribution in [1.29, 1.82) is 0 Å². The molecule has 0 radical (unpaired) electrons. The summed E-state index contributed by atoms with van der Waals surface area (Å²) in [6, 6.07) is 14.8. The van der Waals surface area contributed by atoms with E-state index in [9.17, 15) is 0 Å². The van der Waals surface area contributed by atoms with E-state index in [1.807, 2.05) is 6.20 Å². The van der Waals surface area contributed by atoms with E-state index >= 15 is 0 Å². The van der Waals surface area contributed by atoms with Gasteiger partial charge in [-0.15, -0.1) is 11.3 Å². The third-order valence-electron chi connectivity index (χ3n) is 3.27. The molecule has 0 bridgehead atoms. The molecule has 19 heavy (non-hydrogen) atoms. The molecular formula is C16H16N2S. The average molecular weight is 268 g/mol. The smallest absolute Gasteiger partial charge is 0.0946 e. The lowest BCUT2D eigenvalue weighted by molar-refractivity contribution is 0.719. The number of hydrogen-bond acceptors (Lipinski definition) is 3. The van der Waals surface area contributed by atoms with Gasteiger partial charge in [-0.25, -0.2) is 4.98 Å². The molecule has 3 rings (SSSR count). The van der Waals surface area contributed by atoms with Crippen molar-refractivity contribution in [3.05, 3.63) is 64.1 Å². The zero-order chi connectivity index (χ0) is 13.2. The van der Waals surface area contributed by atoms with Crippen LogP contribution in [0.5, 0.6) is 0 Å². The van der Waals surface area contributed by atoms with E-state index in [4.69, 9.17) is 5.73 Å². The molecule has 2 aromatic carbocycles. The Bertz CT molecular complexity index is 703. The first kappa shape index (κ1) is 12.3. The highest BCUT2D eigenvalue weighted by atomic mass is 32.1. The molecule has 1 aromatic heterocycles. The lowest BCUT2D eigenvalue weighted by Gasteiger charge is -2.11. The van der Waals surface area contributed by atoms with E-state index in [0.717, 1.165) is 11.4 Å². The zero-order valence-electron chi connectivity index (χ0n) is 10.8. The largest absolute Gasteiger partial charge is 0.324 e. The van der Waals surface area contributed by atoms with Gasteiger partial charge in [0.15, 0.2) is 0 Å². The van der Waals surface area contributed by atoms with E-state index in [0.29, 0.717) is 0 Å². The Morgan fingerprint density at radius 2 is 1.95 bits per heavy atom. The number of nitrogens with two attached hydrogens (primary N) is 1. The van der Waals surface area contributed by atoms with Crippen molar-refractivity contribution in [2.24, 2.45) is 5.73 Å². The maximum Gasteiger partial charge on any atom is 0.0946 e. The van der Waals surface area contributed by atoms with Crippen LogP contribution in [0, 0.1) is 6.92 Å². The summed E-state index contributed by atoms with van der Waals surface area (Å²) in [5.41, 5.74) is 7.47. The Morgan fingerprint density at radius 3 is 2.68 bits per heavy atom. The van der Waals surface area contributed by atoms with Crippen LogP contribution >= 0.6 is 11.3 Å². The minimum atomic E-state index is 0.00940. The summed E-state index contributed by atoms with van der Waals surface area (Å²) in [6.07, 6.45) is 2.71. The molecule has 3 aromatic rings. The molecule has 0 aliphatic carbocycles. The van der Waals surface area contributed by atoms with Crippen molar-refractivity contribution in [2.45, 2.75) is 19.4 Å². The normalized spacial score (nSPS) is 12.7. The molecule has 0 fully saturated rings. The number of thiazole rings is 1. The molecule has 1 atom stereocenters. The van der Waals surface area contributed by atoms with Crippen LogP contribution in [0.2, 0.25) is 0 Å². The van der Waals surface area contributed by atoms with Crippen LogP contribution in [0.25, 0.3) is 10.8 Å². The number of nitrogens with zero attached hydrogens (tertiary/aromatic N) is 1. The van der Waals surface area contributed by atoms with Crippen LogP contribution < -0.4 is 5.73 Å². The van der Waals surface area contributed by atoms with Crippen molar-refractivity contribution >= 4 is 22.1 Å². The monoisotopic (exact) mass is 268 g/mol. The molecule has 96 valence electrons. The second-order valence-corrected chi connectivity index (χ2v) is 6.10. The summed E-state index contributed by atoms with van der Waals surface area (Å²) in [7, 11) is 0. The summed E-state index contributed by atoms with van der Waals surface area (Å²) in [5, 5.41) is 3.60. The first-order valence-electron chi connectivity index (χ1n) is 6.38. The van der Waals surface area contributed by atoms with Gasteiger partial charge >= 0.3 is 0 Å². The van der Waals surface area contributed by atoms with Gasteiger partial charge in [-0.1, -0.05) is 36.4 Å². The molecule has 0 amide bonds. The lowest BCUT2D eigenvalue weighted by Crippen LogP contribution is -2.13. The lowest BCUT2D eigenvalue weighted by atomic mass is 10.0. The number of benzene rings is 2. The summed E-state index contributed by atoms with van der Waals surface area (Å²) in [4.78, 5) is 5.62. The minimum Gasteiger partial charge on any atom is -0.324 e. The maximum atomic E-state index is 6.29. The second-order valence-electron chi connectivity index (χ2n) is 4.78. The number of aryl methyl sites for hydroxylation is 1. The fourth-order valence-corrected chi connectivity index (χ4v) is 3.09. The molecule has 1 unspecified atom stereocenters. The van der Waals surface area contributed by atoms with Gasteiger partial charge in [0.25, 0.3) is 0 Å². The standard InChI is InChI=1S/C16H16N2S/c1-11-10-18-16(19-11)9-15(17)14-7-6-12-4-2-3-5-13(12)8-14/h2-8,10,15H,9,17H2,1H3. The minimum absolute atomic E-state index is 0.00940. The van der Waals surface area contributed by atoms with E-state index < -0.39 is 0 Å². The first-order valence-corrected chi connectivity index (χ1v) is 7.19.